The predicted molar refractivity (Wildman–Crippen MR) is 74.5 cm³/mol. The normalized spacial score (nSPS) is 12.5. The summed E-state index contributed by atoms with van der Waals surface area (Å²) >= 11 is 0. The third kappa shape index (κ3) is 2.49. The Kier molecular flexibility index (Phi) is 3.62. The first-order chi connectivity index (χ1) is 8.93. The molecule has 1 N–H and O–H groups in total. The number of aliphatic hydroxyl groups is 1. The molecule has 1 aromatic heterocycles. The average molecular weight is 260 g/mol. The molecule has 0 fully saturated rings. The molecule has 19 heavy (non-hydrogen) atoms. The highest BCUT2D eigenvalue weighted by Gasteiger charge is 2.21. The van der Waals surface area contributed by atoms with Gasteiger partial charge in [-0.2, -0.15) is 5.10 Å². The summed E-state index contributed by atoms with van der Waals surface area (Å²) in [5, 5.41) is 14.9. The van der Waals surface area contributed by atoms with Crippen LogP contribution in [0.2, 0.25) is 0 Å². The maximum atomic E-state index is 10.6. The Morgan fingerprint density at radius 2 is 1.95 bits per heavy atom. The van der Waals surface area contributed by atoms with Gasteiger partial charge in [0.05, 0.1) is 12.8 Å². The third-order valence-corrected chi connectivity index (χ3v) is 3.33. The van der Waals surface area contributed by atoms with Crippen LogP contribution < -0.4 is 4.74 Å². The van der Waals surface area contributed by atoms with Crippen molar-refractivity contribution in [1.82, 2.24) is 9.78 Å². The zero-order valence-electron chi connectivity index (χ0n) is 12.1. The molecule has 1 aromatic carbocycles. The quantitative estimate of drug-likeness (QED) is 0.922. The summed E-state index contributed by atoms with van der Waals surface area (Å²) in [6.07, 6.45) is 1.13. The van der Waals surface area contributed by atoms with Gasteiger partial charge in [0.1, 0.15) is 11.9 Å². The van der Waals surface area contributed by atoms with E-state index in [0.29, 0.717) is 5.75 Å². The van der Waals surface area contributed by atoms with Crippen LogP contribution in [-0.4, -0.2) is 22.0 Å². The lowest BCUT2D eigenvalue weighted by atomic mass is 9.95. The first-order valence-corrected chi connectivity index (χ1v) is 6.27. The number of ether oxygens (including phenoxy) is 1. The molecule has 0 aliphatic carbocycles. The van der Waals surface area contributed by atoms with Crippen molar-refractivity contribution in [3.8, 4) is 5.75 Å². The van der Waals surface area contributed by atoms with Crippen LogP contribution >= 0.6 is 0 Å². The highest BCUT2D eigenvalue weighted by Crippen LogP contribution is 2.34. The van der Waals surface area contributed by atoms with E-state index in [0.717, 1.165) is 27.9 Å². The second kappa shape index (κ2) is 5.05. The van der Waals surface area contributed by atoms with E-state index in [2.05, 4.69) is 5.10 Å². The lowest BCUT2D eigenvalue weighted by Gasteiger charge is -2.18. The highest BCUT2D eigenvalue weighted by atomic mass is 16.5. The molecular formula is C15H20N2O2. The zero-order valence-corrected chi connectivity index (χ0v) is 12.1. The van der Waals surface area contributed by atoms with Crippen molar-refractivity contribution in [2.75, 3.05) is 7.11 Å². The maximum Gasteiger partial charge on any atom is 0.125 e. The van der Waals surface area contributed by atoms with E-state index in [1.807, 2.05) is 46.1 Å². The standard InChI is InChI=1S/C15H20N2O2/c1-9-6-10(2)14(13(7-9)19-5)15(18)12-8-17(4)16-11(12)3/h6-8,15,18H,1-5H3. The largest absolute Gasteiger partial charge is 0.496 e. The van der Waals surface area contributed by atoms with Crippen LogP contribution in [0.4, 0.5) is 0 Å². The van der Waals surface area contributed by atoms with Gasteiger partial charge in [0, 0.05) is 24.4 Å². The summed E-state index contributed by atoms with van der Waals surface area (Å²) in [6, 6.07) is 3.99. The molecule has 2 aromatic rings. The van der Waals surface area contributed by atoms with E-state index >= 15 is 0 Å². The van der Waals surface area contributed by atoms with Gasteiger partial charge in [-0.15, -0.1) is 0 Å². The summed E-state index contributed by atoms with van der Waals surface area (Å²) in [5.74, 6) is 0.716. The molecule has 102 valence electrons. The van der Waals surface area contributed by atoms with Crippen molar-refractivity contribution in [1.29, 1.82) is 0 Å². The van der Waals surface area contributed by atoms with Crippen molar-refractivity contribution in [2.45, 2.75) is 26.9 Å². The van der Waals surface area contributed by atoms with Gasteiger partial charge in [0.15, 0.2) is 0 Å². The first kappa shape index (κ1) is 13.6. The molecule has 0 radical (unpaired) electrons. The van der Waals surface area contributed by atoms with Gasteiger partial charge < -0.3 is 9.84 Å². The zero-order chi connectivity index (χ0) is 14.2. The summed E-state index contributed by atoms with van der Waals surface area (Å²) < 4.78 is 7.12. The smallest absolute Gasteiger partial charge is 0.125 e. The Morgan fingerprint density at radius 3 is 2.47 bits per heavy atom. The summed E-state index contributed by atoms with van der Waals surface area (Å²) in [4.78, 5) is 0. The van der Waals surface area contributed by atoms with E-state index in [9.17, 15) is 5.11 Å². The van der Waals surface area contributed by atoms with Gasteiger partial charge in [-0.1, -0.05) is 6.07 Å². The second-order valence-electron chi connectivity index (χ2n) is 4.94. The Bertz CT molecular complexity index is 602. The second-order valence-corrected chi connectivity index (χ2v) is 4.94. The SMILES string of the molecule is COc1cc(C)cc(C)c1C(O)c1cn(C)nc1C. The molecule has 4 heteroatoms. The van der Waals surface area contributed by atoms with Gasteiger partial charge in [0.25, 0.3) is 0 Å². The topological polar surface area (TPSA) is 47.3 Å². The molecule has 2 rings (SSSR count). The van der Waals surface area contributed by atoms with Crippen molar-refractivity contribution in [3.05, 3.63) is 46.3 Å². The molecule has 0 spiro atoms. The molecule has 0 saturated carbocycles. The fourth-order valence-electron chi connectivity index (χ4n) is 2.50. The van der Waals surface area contributed by atoms with Crippen LogP contribution in [0.1, 0.15) is 34.1 Å². The molecule has 1 atom stereocenters. The summed E-state index contributed by atoms with van der Waals surface area (Å²) in [5.41, 5.74) is 4.59. The number of hydrogen-bond acceptors (Lipinski definition) is 3. The van der Waals surface area contributed by atoms with Crippen LogP contribution in [0.25, 0.3) is 0 Å². The molecule has 0 aliphatic rings. The number of nitrogens with zero attached hydrogens (tertiary/aromatic N) is 2. The Labute approximate surface area is 113 Å². The number of aryl methyl sites for hydroxylation is 4. The third-order valence-electron chi connectivity index (χ3n) is 3.33. The highest BCUT2D eigenvalue weighted by molar-refractivity contribution is 5.47. The Morgan fingerprint density at radius 1 is 1.26 bits per heavy atom. The minimum Gasteiger partial charge on any atom is -0.496 e. The molecule has 0 amide bonds. The van der Waals surface area contributed by atoms with Crippen molar-refractivity contribution in [2.24, 2.45) is 7.05 Å². The molecule has 1 unspecified atom stereocenters. The minimum absolute atomic E-state index is 0.716. The molecular weight excluding hydrogens is 240 g/mol. The van der Waals surface area contributed by atoms with E-state index in [1.54, 1.807) is 11.8 Å². The van der Waals surface area contributed by atoms with E-state index < -0.39 is 6.10 Å². The summed E-state index contributed by atoms with van der Waals surface area (Å²) in [6.45, 7) is 5.90. The van der Waals surface area contributed by atoms with Crippen molar-refractivity contribution >= 4 is 0 Å². The van der Waals surface area contributed by atoms with Crippen LogP contribution in [0.15, 0.2) is 18.3 Å². The number of rotatable bonds is 3. The maximum absolute atomic E-state index is 10.6. The number of methoxy groups -OCH3 is 1. The molecule has 4 nitrogen and oxygen atoms in total. The van der Waals surface area contributed by atoms with Gasteiger partial charge in [-0.25, -0.2) is 0 Å². The van der Waals surface area contributed by atoms with Crippen LogP contribution in [0.3, 0.4) is 0 Å². The first-order valence-electron chi connectivity index (χ1n) is 6.27. The molecule has 0 saturated heterocycles. The van der Waals surface area contributed by atoms with Gasteiger partial charge in [-0.3, -0.25) is 4.68 Å². The monoisotopic (exact) mass is 260 g/mol. The lowest BCUT2D eigenvalue weighted by Crippen LogP contribution is -2.06. The van der Waals surface area contributed by atoms with Gasteiger partial charge in [0.2, 0.25) is 0 Å². The fraction of sp³-hybridized carbons (Fsp3) is 0.400. The van der Waals surface area contributed by atoms with Crippen molar-refractivity contribution < 1.29 is 9.84 Å². The lowest BCUT2D eigenvalue weighted by molar-refractivity contribution is 0.213. The Hall–Kier alpha value is -1.81. The van der Waals surface area contributed by atoms with Crippen molar-refractivity contribution in [3.63, 3.8) is 0 Å². The van der Waals surface area contributed by atoms with Crippen LogP contribution in [0.5, 0.6) is 5.75 Å². The number of hydrogen-bond donors (Lipinski definition) is 1. The minimum atomic E-state index is -0.718. The Balaban J connectivity index is 2.55. The molecule has 0 bridgehead atoms. The number of aromatic nitrogens is 2. The van der Waals surface area contributed by atoms with Crippen LogP contribution in [0, 0.1) is 20.8 Å². The van der Waals surface area contributed by atoms with Gasteiger partial charge >= 0.3 is 0 Å². The summed E-state index contributed by atoms with van der Waals surface area (Å²) in [7, 11) is 3.48. The van der Waals surface area contributed by atoms with E-state index in [1.165, 1.54) is 0 Å². The van der Waals surface area contributed by atoms with Crippen LogP contribution in [-0.2, 0) is 7.05 Å². The number of aliphatic hydroxyl groups excluding tert-OH is 1. The predicted octanol–water partition coefficient (Wildman–Crippen LogP) is 2.44. The fourth-order valence-corrected chi connectivity index (χ4v) is 2.50. The molecule has 1 heterocycles. The molecule has 0 aliphatic heterocycles. The van der Waals surface area contributed by atoms with Gasteiger partial charge in [-0.05, 0) is 38.0 Å². The van der Waals surface area contributed by atoms with E-state index in [-0.39, 0.29) is 0 Å². The average Bonchev–Trinajstić information content (AvgIpc) is 2.66. The number of benzene rings is 1. The van der Waals surface area contributed by atoms with E-state index in [4.69, 9.17) is 4.74 Å².